The molecule has 2 rings (SSSR count). The minimum atomic E-state index is -0.336. The van der Waals surface area contributed by atoms with E-state index in [1.807, 2.05) is 13.0 Å². The molecule has 5 heteroatoms. The maximum atomic E-state index is 13.2. The highest BCUT2D eigenvalue weighted by Gasteiger charge is 2.04. The van der Waals surface area contributed by atoms with Gasteiger partial charge in [-0.15, -0.1) is 0 Å². The lowest BCUT2D eigenvalue weighted by atomic mass is 10.3. The summed E-state index contributed by atoms with van der Waals surface area (Å²) in [5.41, 5.74) is 1.07. The summed E-state index contributed by atoms with van der Waals surface area (Å²) in [6.07, 6.45) is 1.70. The Hall–Kier alpha value is -1.33. The van der Waals surface area contributed by atoms with Crippen LogP contribution in [0.3, 0.4) is 0 Å². The molecule has 2 aromatic rings. The number of benzene rings is 1. The normalized spacial score (nSPS) is 10.7. The third-order valence-corrected chi connectivity index (χ3v) is 2.96. The van der Waals surface area contributed by atoms with Gasteiger partial charge in [0, 0.05) is 22.6 Å². The van der Waals surface area contributed by atoms with E-state index >= 15 is 0 Å². The Morgan fingerprint density at radius 3 is 2.89 bits per heavy atom. The number of hydrogen-bond acceptors (Lipinski definition) is 3. The summed E-state index contributed by atoms with van der Waals surface area (Å²) in [5, 5.41) is 3.21. The smallest absolute Gasteiger partial charge is 0.146 e. The quantitative estimate of drug-likeness (QED) is 0.874. The Balaban J connectivity index is 1.92. The second-order valence-corrected chi connectivity index (χ2v) is 5.01. The van der Waals surface area contributed by atoms with E-state index in [1.54, 1.807) is 12.3 Å². The zero-order valence-corrected chi connectivity index (χ0v) is 12.2. The fraction of sp³-hybridized carbons (Fsp3) is 0.286. The van der Waals surface area contributed by atoms with Crippen LogP contribution < -0.4 is 10.1 Å². The van der Waals surface area contributed by atoms with Crippen LogP contribution in [0.5, 0.6) is 5.75 Å². The van der Waals surface area contributed by atoms with Gasteiger partial charge in [0.15, 0.2) is 0 Å². The molecule has 0 amide bonds. The monoisotopic (exact) mass is 327 g/mol. The van der Waals surface area contributed by atoms with E-state index in [2.05, 4.69) is 21.2 Å². The summed E-state index contributed by atoms with van der Waals surface area (Å²) in [4.78, 5) is 0. The molecule has 0 saturated heterocycles. The lowest BCUT2D eigenvalue weighted by Gasteiger charge is -2.04. The molecule has 102 valence electrons. The first kappa shape index (κ1) is 14.1. The van der Waals surface area contributed by atoms with E-state index in [-0.39, 0.29) is 12.4 Å². The summed E-state index contributed by atoms with van der Waals surface area (Å²) in [5.74, 6) is 0.849. The lowest BCUT2D eigenvalue weighted by Crippen LogP contribution is -2.10. The molecule has 3 nitrogen and oxygen atoms in total. The minimum absolute atomic E-state index is 0.280. The second-order valence-electron chi connectivity index (χ2n) is 4.10. The fourth-order valence-corrected chi connectivity index (χ4v) is 2.07. The standard InChI is InChI=1S/C14H15BrFNO2/c1-2-17-7-10-3-14(18-8-10)9-19-13-5-11(15)4-12(16)6-13/h3-6,8,17H,2,7,9H2,1H3. The average Bonchev–Trinajstić information content (AvgIpc) is 2.81. The summed E-state index contributed by atoms with van der Waals surface area (Å²) in [6, 6.07) is 6.37. The molecule has 0 fully saturated rings. The summed E-state index contributed by atoms with van der Waals surface area (Å²) in [7, 11) is 0. The van der Waals surface area contributed by atoms with Crippen molar-refractivity contribution < 1.29 is 13.5 Å². The number of halogens is 2. The number of ether oxygens (including phenoxy) is 1. The Morgan fingerprint density at radius 1 is 1.32 bits per heavy atom. The highest BCUT2D eigenvalue weighted by Crippen LogP contribution is 2.21. The Labute approximate surface area is 119 Å². The van der Waals surface area contributed by atoms with E-state index < -0.39 is 0 Å². The highest BCUT2D eigenvalue weighted by atomic mass is 79.9. The van der Waals surface area contributed by atoms with Crippen LogP contribution in [-0.2, 0) is 13.2 Å². The number of hydrogen-bond donors (Lipinski definition) is 1. The zero-order chi connectivity index (χ0) is 13.7. The maximum Gasteiger partial charge on any atom is 0.146 e. The Bertz CT molecular complexity index is 522. The van der Waals surface area contributed by atoms with Gasteiger partial charge in [-0.1, -0.05) is 22.9 Å². The van der Waals surface area contributed by atoms with Crippen molar-refractivity contribution in [2.75, 3.05) is 6.54 Å². The van der Waals surface area contributed by atoms with Gasteiger partial charge in [-0.2, -0.15) is 0 Å². The lowest BCUT2D eigenvalue weighted by molar-refractivity contribution is 0.269. The fourth-order valence-electron chi connectivity index (χ4n) is 1.63. The minimum Gasteiger partial charge on any atom is -0.486 e. The molecule has 1 aromatic heterocycles. The molecule has 0 aliphatic rings. The molecule has 0 atom stereocenters. The van der Waals surface area contributed by atoms with Crippen LogP contribution in [0.4, 0.5) is 4.39 Å². The van der Waals surface area contributed by atoms with E-state index in [4.69, 9.17) is 9.15 Å². The van der Waals surface area contributed by atoms with Gasteiger partial charge in [-0.25, -0.2) is 4.39 Å². The Morgan fingerprint density at radius 2 is 2.16 bits per heavy atom. The van der Waals surface area contributed by atoms with Crippen LogP contribution in [0.25, 0.3) is 0 Å². The predicted molar refractivity (Wildman–Crippen MR) is 74.5 cm³/mol. The zero-order valence-electron chi connectivity index (χ0n) is 10.6. The van der Waals surface area contributed by atoms with Crippen LogP contribution in [0.15, 0.2) is 39.4 Å². The molecule has 19 heavy (non-hydrogen) atoms. The first-order chi connectivity index (χ1) is 9.17. The van der Waals surface area contributed by atoms with Crippen molar-refractivity contribution >= 4 is 15.9 Å². The number of furan rings is 1. The van der Waals surface area contributed by atoms with Crippen LogP contribution in [0.1, 0.15) is 18.2 Å². The molecule has 1 aromatic carbocycles. The van der Waals surface area contributed by atoms with Gasteiger partial charge >= 0.3 is 0 Å². The van der Waals surface area contributed by atoms with Crippen molar-refractivity contribution in [2.45, 2.75) is 20.1 Å². The van der Waals surface area contributed by atoms with E-state index in [1.165, 1.54) is 12.1 Å². The first-order valence-corrected chi connectivity index (χ1v) is 6.82. The van der Waals surface area contributed by atoms with Gasteiger partial charge in [0.25, 0.3) is 0 Å². The SMILES string of the molecule is CCNCc1coc(COc2cc(F)cc(Br)c2)c1. The van der Waals surface area contributed by atoms with Gasteiger partial charge < -0.3 is 14.5 Å². The summed E-state index contributed by atoms with van der Waals surface area (Å²) >= 11 is 3.22. The van der Waals surface area contributed by atoms with E-state index in [0.717, 1.165) is 18.7 Å². The largest absolute Gasteiger partial charge is 0.486 e. The molecule has 0 aliphatic carbocycles. The van der Waals surface area contributed by atoms with Crippen LogP contribution >= 0.6 is 15.9 Å². The molecule has 0 spiro atoms. The van der Waals surface area contributed by atoms with Crippen LogP contribution in [0, 0.1) is 5.82 Å². The first-order valence-electron chi connectivity index (χ1n) is 6.03. The molecule has 0 radical (unpaired) electrons. The molecule has 0 bridgehead atoms. The number of rotatable bonds is 6. The third-order valence-electron chi connectivity index (χ3n) is 2.50. The van der Waals surface area contributed by atoms with Crippen LogP contribution in [0.2, 0.25) is 0 Å². The van der Waals surface area contributed by atoms with Crippen molar-refractivity contribution in [3.05, 3.63) is 52.1 Å². The van der Waals surface area contributed by atoms with Gasteiger partial charge in [0.2, 0.25) is 0 Å². The maximum absolute atomic E-state index is 13.2. The van der Waals surface area contributed by atoms with Crippen molar-refractivity contribution in [1.82, 2.24) is 5.32 Å². The predicted octanol–water partition coefficient (Wildman–Crippen LogP) is 3.87. The van der Waals surface area contributed by atoms with Crippen molar-refractivity contribution in [3.63, 3.8) is 0 Å². The summed E-state index contributed by atoms with van der Waals surface area (Å²) in [6.45, 7) is 4.01. The third kappa shape index (κ3) is 4.36. The van der Waals surface area contributed by atoms with Crippen molar-refractivity contribution in [3.8, 4) is 5.75 Å². The average molecular weight is 328 g/mol. The van der Waals surface area contributed by atoms with E-state index in [9.17, 15) is 4.39 Å². The molecule has 0 aliphatic heterocycles. The van der Waals surface area contributed by atoms with Gasteiger partial charge in [-0.3, -0.25) is 0 Å². The van der Waals surface area contributed by atoms with Crippen LogP contribution in [-0.4, -0.2) is 6.54 Å². The van der Waals surface area contributed by atoms with Crippen molar-refractivity contribution in [2.24, 2.45) is 0 Å². The number of nitrogens with one attached hydrogen (secondary N) is 1. The molecular weight excluding hydrogens is 313 g/mol. The summed E-state index contributed by atoms with van der Waals surface area (Å²) < 4.78 is 24.7. The second kappa shape index (κ2) is 6.73. The van der Waals surface area contributed by atoms with Gasteiger partial charge in [-0.05, 0) is 24.7 Å². The molecular formula is C14H15BrFNO2. The van der Waals surface area contributed by atoms with Gasteiger partial charge in [0.05, 0.1) is 6.26 Å². The molecule has 0 unspecified atom stereocenters. The molecule has 1 N–H and O–H groups in total. The topological polar surface area (TPSA) is 34.4 Å². The van der Waals surface area contributed by atoms with Crippen molar-refractivity contribution in [1.29, 1.82) is 0 Å². The van der Waals surface area contributed by atoms with E-state index in [0.29, 0.717) is 16.0 Å². The van der Waals surface area contributed by atoms with Gasteiger partial charge in [0.1, 0.15) is 23.9 Å². The highest BCUT2D eigenvalue weighted by molar-refractivity contribution is 9.10. The molecule has 0 saturated carbocycles. The molecule has 1 heterocycles. The Kier molecular flexibility index (Phi) is 4.99.